The minimum absolute atomic E-state index is 0.0355. The molecule has 1 amide bonds. The minimum Gasteiger partial charge on any atom is -0.336 e. The van der Waals surface area contributed by atoms with Gasteiger partial charge in [0.1, 0.15) is 0 Å². The summed E-state index contributed by atoms with van der Waals surface area (Å²) in [5, 5.41) is 1.87. The molecule has 0 bridgehead atoms. The summed E-state index contributed by atoms with van der Waals surface area (Å²) in [6.45, 7) is 3.64. The van der Waals surface area contributed by atoms with Crippen molar-refractivity contribution >= 4 is 22.2 Å². The van der Waals surface area contributed by atoms with Gasteiger partial charge < -0.3 is 4.90 Å². The summed E-state index contributed by atoms with van der Waals surface area (Å²) >= 11 is 1.47. The number of rotatable bonds is 3. The minimum atomic E-state index is -0.0355. The molecule has 2 aliphatic rings. The Labute approximate surface area is 167 Å². The first kappa shape index (κ1) is 17.6. The number of carbonyl (C=O) groups is 1. The van der Waals surface area contributed by atoms with Crippen LogP contribution in [0.25, 0.3) is 4.96 Å². The molecule has 5 rings (SSSR count). The molecule has 1 aliphatic carbocycles. The van der Waals surface area contributed by atoms with E-state index in [1.807, 2.05) is 16.3 Å². The van der Waals surface area contributed by atoms with Crippen LogP contribution in [0.4, 0.5) is 0 Å². The lowest BCUT2D eigenvalue weighted by Gasteiger charge is -2.34. The molecule has 3 heterocycles. The third-order valence-corrected chi connectivity index (χ3v) is 6.50. The largest absolute Gasteiger partial charge is 0.336 e. The molecular formula is C21H22N4O2S. The highest BCUT2D eigenvalue weighted by atomic mass is 32.1. The third-order valence-electron chi connectivity index (χ3n) is 5.75. The van der Waals surface area contributed by atoms with Crippen LogP contribution < -0.4 is 5.56 Å². The van der Waals surface area contributed by atoms with Crippen LogP contribution in [0.2, 0.25) is 0 Å². The van der Waals surface area contributed by atoms with E-state index < -0.39 is 0 Å². The fourth-order valence-electron chi connectivity index (χ4n) is 4.19. The average molecular weight is 395 g/mol. The number of hydrogen-bond acceptors (Lipinski definition) is 5. The van der Waals surface area contributed by atoms with Crippen molar-refractivity contribution in [1.82, 2.24) is 19.2 Å². The van der Waals surface area contributed by atoms with E-state index in [0.717, 1.165) is 42.1 Å². The van der Waals surface area contributed by atoms with E-state index in [1.54, 1.807) is 16.7 Å². The molecule has 28 heavy (non-hydrogen) atoms. The lowest BCUT2D eigenvalue weighted by atomic mass is 10.1. The van der Waals surface area contributed by atoms with Gasteiger partial charge in [0.15, 0.2) is 4.96 Å². The summed E-state index contributed by atoms with van der Waals surface area (Å²) < 4.78 is 1.57. The molecule has 0 spiro atoms. The first-order valence-corrected chi connectivity index (χ1v) is 10.6. The van der Waals surface area contributed by atoms with Crippen molar-refractivity contribution in [2.45, 2.75) is 25.8 Å². The molecule has 2 aromatic heterocycles. The van der Waals surface area contributed by atoms with Gasteiger partial charge in [0.2, 0.25) is 0 Å². The molecule has 0 N–H and O–H groups in total. The predicted molar refractivity (Wildman–Crippen MR) is 109 cm³/mol. The second-order valence-corrected chi connectivity index (χ2v) is 8.42. The van der Waals surface area contributed by atoms with E-state index in [-0.39, 0.29) is 11.5 Å². The molecule has 144 valence electrons. The number of carbonyl (C=O) groups excluding carboxylic acids is 1. The summed E-state index contributed by atoms with van der Waals surface area (Å²) in [7, 11) is 0. The zero-order chi connectivity index (χ0) is 19.1. The standard InChI is InChI=1S/C21H22N4O2S/c26-19-13-18(22-21-25(19)10-11-28-21)14-23-6-8-24(9-7-23)20(27)17-5-4-15-2-1-3-16(15)12-17/h4-5,10-13H,1-3,6-9,14H2. The Kier molecular flexibility index (Phi) is 4.49. The zero-order valence-electron chi connectivity index (χ0n) is 15.6. The van der Waals surface area contributed by atoms with Crippen molar-refractivity contribution < 1.29 is 4.79 Å². The summed E-state index contributed by atoms with van der Waals surface area (Å²) in [5.41, 5.74) is 4.31. The van der Waals surface area contributed by atoms with Crippen molar-refractivity contribution in [3.8, 4) is 0 Å². The first-order valence-electron chi connectivity index (χ1n) is 9.76. The Bertz CT molecular complexity index is 1100. The van der Waals surface area contributed by atoms with E-state index in [4.69, 9.17) is 0 Å². The zero-order valence-corrected chi connectivity index (χ0v) is 16.5. The van der Waals surface area contributed by atoms with Crippen LogP contribution in [0.1, 0.15) is 33.6 Å². The lowest BCUT2D eigenvalue weighted by Crippen LogP contribution is -2.48. The van der Waals surface area contributed by atoms with E-state index in [2.05, 4.69) is 22.0 Å². The van der Waals surface area contributed by atoms with Gasteiger partial charge in [-0.25, -0.2) is 4.98 Å². The van der Waals surface area contributed by atoms with E-state index in [1.165, 1.54) is 28.9 Å². The topological polar surface area (TPSA) is 57.9 Å². The maximum atomic E-state index is 12.9. The molecule has 1 aliphatic heterocycles. The molecule has 7 heteroatoms. The smallest absolute Gasteiger partial charge is 0.258 e. The van der Waals surface area contributed by atoms with Gasteiger partial charge in [0.05, 0.1) is 5.69 Å². The number of aromatic nitrogens is 2. The maximum absolute atomic E-state index is 12.9. The van der Waals surface area contributed by atoms with Crippen molar-refractivity contribution in [2.24, 2.45) is 0 Å². The number of nitrogens with zero attached hydrogens (tertiary/aromatic N) is 4. The highest BCUT2D eigenvalue weighted by Crippen LogP contribution is 2.23. The molecule has 1 saturated heterocycles. The first-order chi connectivity index (χ1) is 13.7. The fourth-order valence-corrected chi connectivity index (χ4v) is 4.93. The molecule has 0 radical (unpaired) electrons. The van der Waals surface area contributed by atoms with Crippen molar-refractivity contribution in [3.05, 3.63) is 68.6 Å². The molecule has 0 unspecified atom stereocenters. The van der Waals surface area contributed by atoms with E-state index >= 15 is 0 Å². The number of aryl methyl sites for hydroxylation is 2. The van der Waals surface area contributed by atoms with Crippen LogP contribution in [0, 0.1) is 0 Å². The summed E-state index contributed by atoms with van der Waals surface area (Å²) in [6.07, 6.45) is 5.17. The number of piperazine rings is 1. The van der Waals surface area contributed by atoms with Gasteiger partial charge in [-0.2, -0.15) is 0 Å². The quantitative estimate of drug-likeness (QED) is 0.683. The van der Waals surface area contributed by atoms with Gasteiger partial charge in [-0.1, -0.05) is 6.07 Å². The van der Waals surface area contributed by atoms with Gasteiger partial charge >= 0.3 is 0 Å². The maximum Gasteiger partial charge on any atom is 0.258 e. The molecule has 6 nitrogen and oxygen atoms in total. The van der Waals surface area contributed by atoms with Crippen molar-refractivity contribution in [1.29, 1.82) is 0 Å². The Morgan fingerprint density at radius 3 is 2.75 bits per heavy atom. The average Bonchev–Trinajstić information content (AvgIpc) is 3.37. The SMILES string of the molecule is O=C(c1ccc2c(c1)CCC2)N1CCN(Cc2cc(=O)n3ccsc3n2)CC1. The molecule has 3 aromatic rings. The lowest BCUT2D eigenvalue weighted by molar-refractivity contribution is 0.0627. The van der Waals surface area contributed by atoms with Crippen LogP contribution in [0.3, 0.4) is 0 Å². The van der Waals surface area contributed by atoms with Gasteiger partial charge in [-0.3, -0.25) is 18.9 Å². The Balaban J connectivity index is 1.23. The predicted octanol–water partition coefficient (Wildman–Crippen LogP) is 2.20. The van der Waals surface area contributed by atoms with Crippen LogP contribution in [-0.4, -0.2) is 51.3 Å². The highest BCUT2D eigenvalue weighted by Gasteiger charge is 2.23. The number of amides is 1. The van der Waals surface area contributed by atoms with Gasteiger partial charge in [0.25, 0.3) is 11.5 Å². The third kappa shape index (κ3) is 3.25. The Morgan fingerprint density at radius 1 is 1.07 bits per heavy atom. The van der Waals surface area contributed by atoms with Crippen LogP contribution in [0.5, 0.6) is 0 Å². The highest BCUT2D eigenvalue weighted by molar-refractivity contribution is 7.15. The normalized spacial score (nSPS) is 17.2. The summed E-state index contributed by atoms with van der Waals surface area (Å²) in [5.74, 6) is 0.130. The summed E-state index contributed by atoms with van der Waals surface area (Å²) in [4.78, 5) is 34.5. The van der Waals surface area contributed by atoms with Crippen LogP contribution in [0.15, 0.2) is 40.6 Å². The van der Waals surface area contributed by atoms with Gasteiger partial charge in [0, 0.05) is 55.9 Å². The number of thiazole rings is 1. The number of fused-ring (bicyclic) bond motifs is 2. The second kappa shape index (κ2) is 7.14. The molecule has 1 fully saturated rings. The van der Waals surface area contributed by atoms with Crippen LogP contribution >= 0.6 is 11.3 Å². The van der Waals surface area contributed by atoms with Gasteiger partial charge in [-0.05, 0) is 42.5 Å². The molecule has 1 aromatic carbocycles. The second-order valence-electron chi connectivity index (χ2n) is 7.55. The Hall–Kier alpha value is -2.51. The van der Waals surface area contributed by atoms with Gasteiger partial charge in [-0.15, -0.1) is 11.3 Å². The van der Waals surface area contributed by atoms with E-state index in [9.17, 15) is 9.59 Å². The molecule has 0 saturated carbocycles. The van der Waals surface area contributed by atoms with Crippen LogP contribution in [-0.2, 0) is 19.4 Å². The summed E-state index contributed by atoms with van der Waals surface area (Å²) in [6, 6.07) is 7.80. The monoisotopic (exact) mass is 394 g/mol. The van der Waals surface area contributed by atoms with Crippen molar-refractivity contribution in [2.75, 3.05) is 26.2 Å². The Morgan fingerprint density at radius 2 is 1.89 bits per heavy atom. The van der Waals surface area contributed by atoms with E-state index in [0.29, 0.717) is 19.6 Å². The van der Waals surface area contributed by atoms with Crippen molar-refractivity contribution in [3.63, 3.8) is 0 Å². The number of hydrogen-bond donors (Lipinski definition) is 0. The number of benzene rings is 1. The molecule has 0 atom stereocenters. The fraction of sp³-hybridized carbons (Fsp3) is 0.381. The molecular weight excluding hydrogens is 372 g/mol.